The van der Waals surface area contributed by atoms with Gasteiger partial charge in [-0.1, -0.05) is 0 Å². The summed E-state index contributed by atoms with van der Waals surface area (Å²) in [6.45, 7) is 8.50. The maximum absolute atomic E-state index is 12.1. The third-order valence-corrected chi connectivity index (χ3v) is 5.31. The van der Waals surface area contributed by atoms with Gasteiger partial charge in [-0.2, -0.15) is 0 Å². The van der Waals surface area contributed by atoms with Crippen LogP contribution in [0.25, 0.3) is 0 Å². The first-order valence-corrected chi connectivity index (χ1v) is 10.1. The van der Waals surface area contributed by atoms with Crippen LogP contribution in [-0.4, -0.2) is 89.0 Å². The number of ketones is 2. The molecule has 1 aromatic carbocycles. The molecule has 0 aliphatic heterocycles. The number of rotatable bonds is 10. The van der Waals surface area contributed by atoms with Crippen molar-refractivity contribution in [2.75, 3.05) is 79.1 Å². The molecule has 6 heteroatoms. The number of hydrogen-bond donors (Lipinski definition) is 2. The Hall–Kier alpha value is -1.92. The summed E-state index contributed by atoms with van der Waals surface area (Å²) in [4.78, 5) is 24.2. The number of likely N-dealkylation sites (N-methyl/N-ethyl adjacent to an activating group) is 2. The van der Waals surface area contributed by atoms with Crippen LogP contribution in [0.4, 0.5) is 11.4 Å². The minimum atomic E-state index is -0.474. The topological polar surface area (TPSA) is 58.2 Å². The van der Waals surface area contributed by atoms with Gasteiger partial charge in [-0.05, 0) is 45.0 Å². The predicted octanol–water partition coefficient (Wildman–Crippen LogP) is 2.72. The Morgan fingerprint density at radius 1 is 0.786 bits per heavy atom. The van der Waals surface area contributed by atoms with Gasteiger partial charge >= 0.3 is 0 Å². The fourth-order valence-corrected chi connectivity index (χ4v) is 2.32. The lowest BCUT2D eigenvalue weighted by molar-refractivity contribution is -0.881. The summed E-state index contributed by atoms with van der Waals surface area (Å²) in [5, 5.41) is 6.10. The highest BCUT2D eigenvalue weighted by Crippen LogP contribution is 2.11. The van der Waals surface area contributed by atoms with Crippen molar-refractivity contribution in [3.8, 4) is 0 Å². The molecule has 28 heavy (non-hydrogen) atoms. The lowest BCUT2D eigenvalue weighted by Crippen LogP contribution is -2.49. The summed E-state index contributed by atoms with van der Waals surface area (Å²) in [6.07, 6.45) is 0. The third kappa shape index (κ3) is 9.85. The number of nitrogens with one attached hydrogen (secondary N) is 2. The largest absolute Gasteiger partial charge is 0.388 e. The lowest BCUT2D eigenvalue weighted by Gasteiger charge is -2.30. The number of carbonyl (C=O) groups excluding carboxylic acids is 2. The van der Waals surface area contributed by atoms with Crippen LogP contribution in [0, 0.1) is 5.92 Å². The molecule has 6 nitrogen and oxygen atoms in total. The molecule has 0 unspecified atom stereocenters. The number of carbonyl (C=O) groups is 2. The Morgan fingerprint density at radius 2 is 1.07 bits per heavy atom. The lowest BCUT2D eigenvalue weighted by atomic mass is 9.99. The molecule has 1 rings (SSSR count). The van der Waals surface area contributed by atoms with E-state index in [2.05, 4.69) is 24.5 Å². The van der Waals surface area contributed by atoms with Crippen LogP contribution in [0.1, 0.15) is 20.8 Å². The number of benzene rings is 1. The van der Waals surface area contributed by atoms with E-state index < -0.39 is 5.92 Å². The minimum Gasteiger partial charge on any atom is -0.388 e. The first-order valence-electron chi connectivity index (χ1n) is 10.1. The van der Waals surface area contributed by atoms with Crippen LogP contribution in [0.5, 0.6) is 0 Å². The molecular weight excluding hydrogens is 352 g/mol. The zero-order valence-electron chi connectivity index (χ0n) is 19.4. The highest BCUT2D eigenvalue weighted by molar-refractivity contribution is 6.03. The molecule has 0 aliphatic rings. The van der Waals surface area contributed by atoms with E-state index in [0.29, 0.717) is 22.1 Å². The van der Waals surface area contributed by atoms with Crippen molar-refractivity contribution in [1.29, 1.82) is 0 Å². The number of quaternary nitrogens is 2. The Bertz CT molecular complexity index is 556. The quantitative estimate of drug-likeness (QED) is 0.473. The SMILES string of the molecule is CC[N+](C)(C)CC(=O)C(C)C(=O)C[N+](C)(C)CC.CNc1ccc(NC)cc1. The predicted molar refractivity (Wildman–Crippen MR) is 120 cm³/mol. The molecule has 1 aromatic rings. The first-order chi connectivity index (χ1) is 12.9. The molecule has 2 N–H and O–H groups in total. The van der Waals surface area contributed by atoms with E-state index in [0.717, 1.165) is 24.5 Å². The van der Waals surface area contributed by atoms with E-state index in [1.807, 2.05) is 66.6 Å². The van der Waals surface area contributed by atoms with E-state index >= 15 is 0 Å². The second-order valence-electron chi connectivity index (χ2n) is 8.55. The molecule has 0 saturated carbocycles. The summed E-state index contributed by atoms with van der Waals surface area (Å²) in [5.74, 6) is -0.358. The molecule has 0 fully saturated rings. The second-order valence-corrected chi connectivity index (χ2v) is 8.55. The molecule has 0 aromatic heterocycles. The number of Topliss-reactive ketones (excluding diaryl/α,β-unsaturated/α-hetero) is 2. The standard InChI is InChI=1S/C14H30N2O2.C8H12N2/c1-8-15(4,5)10-13(17)12(3)14(18)11-16(6,7)9-2;1-9-7-3-5-8(10-2)6-4-7/h12H,8-11H2,1-7H3;3-6,9-10H,1-2H3/q+2;. The molecule has 0 radical (unpaired) electrons. The van der Waals surface area contributed by atoms with Gasteiger partial charge in [0.1, 0.15) is 13.1 Å². The minimum absolute atomic E-state index is 0.0583. The maximum Gasteiger partial charge on any atom is 0.197 e. The summed E-state index contributed by atoms with van der Waals surface area (Å²) in [5.41, 5.74) is 2.28. The highest BCUT2D eigenvalue weighted by Gasteiger charge is 2.30. The van der Waals surface area contributed by atoms with E-state index in [9.17, 15) is 9.59 Å². The summed E-state index contributed by atoms with van der Waals surface area (Å²) >= 11 is 0. The fraction of sp³-hybridized carbons (Fsp3) is 0.636. The van der Waals surface area contributed by atoms with Crippen molar-refractivity contribution in [1.82, 2.24) is 0 Å². The van der Waals surface area contributed by atoms with Gasteiger partial charge in [0.15, 0.2) is 11.6 Å². The maximum atomic E-state index is 12.1. The summed E-state index contributed by atoms with van der Waals surface area (Å²) in [6, 6.07) is 8.13. The van der Waals surface area contributed by atoms with E-state index in [1.54, 1.807) is 6.92 Å². The van der Waals surface area contributed by atoms with Crippen LogP contribution < -0.4 is 10.6 Å². The van der Waals surface area contributed by atoms with Crippen molar-refractivity contribution in [2.45, 2.75) is 20.8 Å². The average molecular weight is 395 g/mol. The summed E-state index contributed by atoms with van der Waals surface area (Å²) in [7, 11) is 11.9. The Kier molecular flexibility index (Phi) is 11.0. The molecule has 160 valence electrons. The molecule has 0 amide bonds. The zero-order chi connectivity index (χ0) is 22.0. The molecule has 0 atom stereocenters. The Morgan fingerprint density at radius 3 is 1.29 bits per heavy atom. The highest BCUT2D eigenvalue weighted by atomic mass is 16.2. The van der Waals surface area contributed by atoms with Gasteiger partial charge in [-0.15, -0.1) is 0 Å². The van der Waals surface area contributed by atoms with Crippen molar-refractivity contribution in [3.63, 3.8) is 0 Å². The van der Waals surface area contributed by atoms with Gasteiger partial charge < -0.3 is 19.6 Å². The number of anilines is 2. The second kappa shape index (κ2) is 11.8. The van der Waals surface area contributed by atoms with Crippen molar-refractivity contribution in [2.24, 2.45) is 5.92 Å². The smallest absolute Gasteiger partial charge is 0.197 e. The van der Waals surface area contributed by atoms with Gasteiger partial charge in [0.2, 0.25) is 0 Å². The van der Waals surface area contributed by atoms with E-state index in [1.165, 1.54) is 0 Å². The van der Waals surface area contributed by atoms with Crippen molar-refractivity contribution >= 4 is 22.9 Å². The zero-order valence-corrected chi connectivity index (χ0v) is 19.4. The molecule has 0 aliphatic carbocycles. The monoisotopic (exact) mass is 394 g/mol. The first kappa shape index (κ1) is 26.1. The fourth-order valence-electron chi connectivity index (χ4n) is 2.32. The molecular formula is C22H42N4O2+2. The van der Waals surface area contributed by atoms with Crippen LogP contribution in [0.15, 0.2) is 24.3 Å². The van der Waals surface area contributed by atoms with Crippen LogP contribution in [0.3, 0.4) is 0 Å². The van der Waals surface area contributed by atoms with E-state index in [-0.39, 0.29) is 11.6 Å². The third-order valence-electron chi connectivity index (χ3n) is 5.31. The normalized spacial score (nSPS) is 11.5. The van der Waals surface area contributed by atoms with Crippen LogP contribution in [0.2, 0.25) is 0 Å². The molecule has 0 bridgehead atoms. The summed E-state index contributed by atoms with van der Waals surface area (Å²) < 4.78 is 1.28. The van der Waals surface area contributed by atoms with Crippen LogP contribution in [-0.2, 0) is 9.59 Å². The van der Waals surface area contributed by atoms with Gasteiger partial charge in [-0.3, -0.25) is 9.59 Å². The van der Waals surface area contributed by atoms with Gasteiger partial charge in [0, 0.05) is 25.5 Å². The molecule has 0 spiro atoms. The van der Waals surface area contributed by atoms with Crippen molar-refractivity contribution in [3.05, 3.63) is 24.3 Å². The number of hydrogen-bond acceptors (Lipinski definition) is 4. The van der Waals surface area contributed by atoms with E-state index in [4.69, 9.17) is 0 Å². The Labute approximate surface area is 172 Å². The Balaban J connectivity index is 0.000000609. The van der Waals surface area contributed by atoms with Crippen LogP contribution >= 0.6 is 0 Å². The average Bonchev–Trinajstić information content (AvgIpc) is 2.67. The number of nitrogens with zero attached hydrogens (tertiary/aromatic N) is 2. The molecule has 0 saturated heterocycles. The molecule has 0 heterocycles. The van der Waals surface area contributed by atoms with Gasteiger partial charge in [-0.25, -0.2) is 0 Å². The van der Waals surface area contributed by atoms with Gasteiger partial charge in [0.05, 0.1) is 47.2 Å². The van der Waals surface area contributed by atoms with Gasteiger partial charge in [0.25, 0.3) is 0 Å². The van der Waals surface area contributed by atoms with Crippen molar-refractivity contribution < 1.29 is 18.6 Å².